The van der Waals surface area contributed by atoms with Gasteiger partial charge in [-0.3, -0.25) is 0 Å². The van der Waals surface area contributed by atoms with Crippen LogP contribution in [0.3, 0.4) is 0 Å². The fraction of sp³-hybridized carbons (Fsp3) is 0. The molecule has 0 aliphatic carbocycles. The number of nitrogens with two attached hydrogens (primary N) is 1. The first-order valence-corrected chi connectivity index (χ1v) is 3.31. The van der Waals surface area contributed by atoms with Crippen LogP contribution in [0.15, 0.2) is 10.8 Å². The quantitative estimate of drug-likeness (QED) is 0.519. The third kappa shape index (κ3) is 1.80. The van der Waals surface area contributed by atoms with E-state index in [1.165, 1.54) is 6.07 Å². The van der Waals surface area contributed by atoms with Crippen molar-refractivity contribution in [3.63, 3.8) is 0 Å². The Balaban J connectivity index is 3.17. The Bertz CT molecular complexity index is 177. The number of hydrogen-bond donors (Lipinski definition) is 1. The Morgan fingerprint density at radius 1 is 1.56 bits per heavy atom. The summed E-state index contributed by atoms with van der Waals surface area (Å²) in [5.41, 5.74) is 5.29. The van der Waals surface area contributed by atoms with Crippen LogP contribution in [-0.4, -0.2) is 9.97 Å². The first-order valence-electron chi connectivity index (χ1n) is 2.14. The number of aromatic nitrogens is 2. The standard InChI is InChI=1S/C4H3BrClN3/c5-4-8-2(6)1-3(7)9-4/h1H,(H2,7,8,9). The molecule has 3 nitrogen and oxygen atoms in total. The molecule has 0 aromatic carbocycles. The fourth-order valence-electron chi connectivity index (χ4n) is 0.406. The van der Waals surface area contributed by atoms with E-state index in [1.807, 2.05) is 0 Å². The van der Waals surface area contributed by atoms with Crippen molar-refractivity contribution >= 4 is 33.3 Å². The smallest absolute Gasteiger partial charge is 0.199 e. The molecular weight excluding hydrogens is 205 g/mol. The highest BCUT2D eigenvalue weighted by molar-refractivity contribution is 9.10. The third-order valence-electron chi connectivity index (χ3n) is 0.687. The van der Waals surface area contributed by atoms with E-state index < -0.39 is 0 Å². The molecule has 9 heavy (non-hydrogen) atoms. The lowest BCUT2D eigenvalue weighted by Gasteiger charge is -1.92. The molecule has 2 N–H and O–H groups in total. The molecule has 1 aromatic rings. The molecule has 1 rings (SSSR count). The van der Waals surface area contributed by atoms with Gasteiger partial charge in [-0.1, -0.05) is 11.6 Å². The SMILES string of the molecule is Nc1cc(Cl)nc(Br)n1. The molecule has 0 aliphatic rings. The third-order valence-corrected chi connectivity index (χ3v) is 1.24. The highest BCUT2D eigenvalue weighted by atomic mass is 79.9. The minimum atomic E-state index is 0.342. The van der Waals surface area contributed by atoms with E-state index in [1.54, 1.807) is 0 Å². The molecule has 0 bridgehead atoms. The monoisotopic (exact) mass is 207 g/mol. The van der Waals surface area contributed by atoms with Crippen LogP contribution in [-0.2, 0) is 0 Å². The van der Waals surface area contributed by atoms with Crippen molar-refractivity contribution in [1.82, 2.24) is 9.97 Å². The summed E-state index contributed by atoms with van der Waals surface area (Å²) in [6.45, 7) is 0. The van der Waals surface area contributed by atoms with Gasteiger partial charge in [0.25, 0.3) is 0 Å². The zero-order valence-electron chi connectivity index (χ0n) is 4.31. The molecule has 0 aliphatic heterocycles. The second kappa shape index (κ2) is 2.49. The van der Waals surface area contributed by atoms with E-state index in [0.717, 1.165) is 0 Å². The van der Waals surface area contributed by atoms with Crippen LogP contribution in [0.25, 0.3) is 0 Å². The number of nitrogens with zero attached hydrogens (tertiary/aromatic N) is 2. The van der Waals surface area contributed by atoms with E-state index >= 15 is 0 Å². The van der Waals surface area contributed by atoms with Crippen LogP contribution < -0.4 is 5.73 Å². The maximum absolute atomic E-state index is 5.49. The van der Waals surface area contributed by atoms with Crippen LogP contribution in [0, 0.1) is 0 Å². The van der Waals surface area contributed by atoms with Gasteiger partial charge in [-0.15, -0.1) is 0 Å². The molecule has 0 spiro atoms. The van der Waals surface area contributed by atoms with Crippen molar-refractivity contribution in [3.05, 3.63) is 16.0 Å². The minimum Gasteiger partial charge on any atom is -0.384 e. The van der Waals surface area contributed by atoms with Gasteiger partial charge >= 0.3 is 0 Å². The highest BCUT2D eigenvalue weighted by Gasteiger charge is 1.94. The van der Waals surface area contributed by atoms with Gasteiger partial charge in [0.05, 0.1) is 0 Å². The van der Waals surface area contributed by atoms with Crippen molar-refractivity contribution in [2.45, 2.75) is 0 Å². The van der Waals surface area contributed by atoms with E-state index in [-0.39, 0.29) is 0 Å². The van der Waals surface area contributed by atoms with E-state index in [4.69, 9.17) is 17.3 Å². The Labute approximate surface area is 65.4 Å². The molecule has 0 amide bonds. The van der Waals surface area contributed by atoms with E-state index in [0.29, 0.717) is 15.7 Å². The van der Waals surface area contributed by atoms with Crippen molar-refractivity contribution in [1.29, 1.82) is 0 Å². The summed E-state index contributed by atoms with van der Waals surface area (Å²) in [5, 5.41) is 0.342. The molecule has 48 valence electrons. The van der Waals surface area contributed by atoms with Crippen LogP contribution in [0.1, 0.15) is 0 Å². The normalized spacial score (nSPS) is 9.56. The predicted molar refractivity (Wildman–Crippen MR) is 39.2 cm³/mol. The highest BCUT2D eigenvalue weighted by Crippen LogP contribution is 2.11. The largest absolute Gasteiger partial charge is 0.384 e. The number of anilines is 1. The van der Waals surface area contributed by atoms with Crippen molar-refractivity contribution in [2.75, 3.05) is 5.73 Å². The average Bonchev–Trinajstić information content (AvgIpc) is 1.59. The Hall–Kier alpha value is -0.350. The van der Waals surface area contributed by atoms with Gasteiger partial charge in [0, 0.05) is 6.07 Å². The zero-order chi connectivity index (χ0) is 6.85. The molecular formula is C4H3BrClN3. The number of rotatable bonds is 0. The summed E-state index contributed by atoms with van der Waals surface area (Å²) >= 11 is 8.52. The molecule has 0 atom stereocenters. The van der Waals surface area contributed by atoms with Crippen LogP contribution >= 0.6 is 27.5 Å². The first kappa shape index (κ1) is 6.77. The molecule has 0 radical (unpaired) electrons. The van der Waals surface area contributed by atoms with Crippen molar-refractivity contribution in [3.8, 4) is 0 Å². The second-order valence-corrected chi connectivity index (χ2v) is 2.48. The predicted octanol–water partition coefficient (Wildman–Crippen LogP) is 1.47. The lowest BCUT2D eigenvalue weighted by molar-refractivity contribution is 1.12. The maximum Gasteiger partial charge on any atom is 0.199 e. The van der Waals surface area contributed by atoms with Gasteiger partial charge < -0.3 is 5.73 Å². The Morgan fingerprint density at radius 3 is 2.67 bits per heavy atom. The van der Waals surface area contributed by atoms with Gasteiger partial charge in [-0.2, -0.15) is 0 Å². The van der Waals surface area contributed by atoms with Gasteiger partial charge in [-0.25, -0.2) is 9.97 Å². The summed E-state index contributed by atoms with van der Waals surface area (Å²) in [7, 11) is 0. The van der Waals surface area contributed by atoms with Crippen LogP contribution in [0.5, 0.6) is 0 Å². The van der Waals surface area contributed by atoms with Gasteiger partial charge in [-0.05, 0) is 15.9 Å². The second-order valence-electron chi connectivity index (χ2n) is 1.38. The summed E-state index contributed by atoms with van der Waals surface area (Å²) in [6.07, 6.45) is 0. The molecule has 0 fully saturated rings. The fourth-order valence-corrected chi connectivity index (χ4v) is 1.10. The molecule has 0 saturated carbocycles. The Kier molecular flexibility index (Phi) is 1.87. The zero-order valence-corrected chi connectivity index (χ0v) is 6.65. The van der Waals surface area contributed by atoms with Gasteiger partial charge in [0.1, 0.15) is 11.0 Å². The number of nitrogen functional groups attached to an aromatic ring is 1. The molecule has 1 heterocycles. The lowest BCUT2D eigenvalue weighted by Crippen LogP contribution is -1.91. The molecule has 0 saturated heterocycles. The topological polar surface area (TPSA) is 51.8 Å². The number of hydrogen-bond acceptors (Lipinski definition) is 3. The summed E-state index contributed by atoms with van der Waals surface area (Å²) in [6, 6.07) is 1.48. The lowest BCUT2D eigenvalue weighted by atomic mass is 10.6. The molecule has 0 unspecified atom stereocenters. The van der Waals surface area contributed by atoms with Crippen LogP contribution in [0.4, 0.5) is 5.82 Å². The number of halogens is 2. The minimum absolute atomic E-state index is 0.342. The van der Waals surface area contributed by atoms with E-state index in [9.17, 15) is 0 Å². The summed E-state index contributed by atoms with van der Waals surface area (Å²) in [4.78, 5) is 7.46. The van der Waals surface area contributed by atoms with Crippen molar-refractivity contribution < 1.29 is 0 Å². The average molecular weight is 208 g/mol. The molecule has 1 aromatic heterocycles. The van der Waals surface area contributed by atoms with Crippen LogP contribution in [0.2, 0.25) is 5.15 Å². The Morgan fingerprint density at radius 2 is 2.22 bits per heavy atom. The van der Waals surface area contributed by atoms with Crippen molar-refractivity contribution in [2.24, 2.45) is 0 Å². The van der Waals surface area contributed by atoms with Gasteiger partial charge in [0.15, 0.2) is 4.73 Å². The first-order chi connectivity index (χ1) is 4.18. The van der Waals surface area contributed by atoms with E-state index in [2.05, 4.69) is 25.9 Å². The summed E-state index contributed by atoms with van der Waals surface area (Å²) < 4.78 is 0.410. The van der Waals surface area contributed by atoms with Gasteiger partial charge in [0.2, 0.25) is 0 Å². The molecule has 5 heteroatoms. The maximum atomic E-state index is 5.49. The summed E-state index contributed by atoms with van der Waals surface area (Å²) in [5.74, 6) is 0.363.